The van der Waals surface area contributed by atoms with Gasteiger partial charge in [0.2, 0.25) is 0 Å². The molecule has 0 unspecified atom stereocenters. The van der Waals surface area contributed by atoms with Gasteiger partial charge >= 0.3 is 0 Å². The fourth-order valence-electron chi connectivity index (χ4n) is 2.27. The molecule has 1 aromatic carbocycles. The average Bonchev–Trinajstić information content (AvgIpc) is 2.44. The number of ether oxygens (including phenoxy) is 2. The van der Waals surface area contributed by atoms with Crippen molar-refractivity contribution in [2.24, 2.45) is 0 Å². The number of amides is 1. The first kappa shape index (κ1) is 14.4. The Morgan fingerprint density at radius 3 is 2.80 bits per heavy atom. The van der Waals surface area contributed by atoms with Crippen molar-refractivity contribution in [1.82, 2.24) is 4.90 Å². The molecule has 2 atom stereocenters. The minimum Gasteiger partial charge on any atom is -0.484 e. The Bertz CT molecular complexity index is 514. The standard InChI is InChI=1S/C15H18N2O3/c1-11-8-17(9-12(2)20-11)15(18)10-19-14-5-3-4-13(6-14)7-16/h3-6,11-12H,8-10H2,1-2H3/t11-,12+. The molecule has 0 aromatic heterocycles. The molecule has 1 amide bonds. The van der Waals surface area contributed by atoms with E-state index < -0.39 is 0 Å². The lowest BCUT2D eigenvalue weighted by Crippen LogP contribution is -2.49. The fourth-order valence-corrected chi connectivity index (χ4v) is 2.27. The van der Waals surface area contributed by atoms with E-state index in [4.69, 9.17) is 14.7 Å². The van der Waals surface area contributed by atoms with Gasteiger partial charge in [-0.2, -0.15) is 5.26 Å². The van der Waals surface area contributed by atoms with Crippen LogP contribution in [0.15, 0.2) is 24.3 Å². The molecule has 0 radical (unpaired) electrons. The van der Waals surface area contributed by atoms with E-state index in [2.05, 4.69) is 0 Å². The highest BCUT2D eigenvalue weighted by Gasteiger charge is 2.25. The van der Waals surface area contributed by atoms with Gasteiger partial charge in [0, 0.05) is 13.1 Å². The fraction of sp³-hybridized carbons (Fsp3) is 0.467. The van der Waals surface area contributed by atoms with Crippen LogP contribution in [0.4, 0.5) is 0 Å². The molecule has 106 valence electrons. The number of rotatable bonds is 3. The van der Waals surface area contributed by atoms with Crippen molar-refractivity contribution in [3.05, 3.63) is 29.8 Å². The number of hydrogen-bond acceptors (Lipinski definition) is 4. The van der Waals surface area contributed by atoms with Crippen LogP contribution in [0, 0.1) is 11.3 Å². The summed E-state index contributed by atoms with van der Waals surface area (Å²) < 4.78 is 11.0. The van der Waals surface area contributed by atoms with Crippen LogP contribution in [0.1, 0.15) is 19.4 Å². The maximum atomic E-state index is 12.1. The van der Waals surface area contributed by atoms with Crippen LogP contribution in [-0.4, -0.2) is 42.7 Å². The number of carbonyl (C=O) groups excluding carboxylic acids is 1. The SMILES string of the molecule is C[C@@H]1CN(C(=O)COc2cccc(C#N)c2)C[C@H](C)O1. The lowest BCUT2D eigenvalue weighted by molar-refractivity contribution is -0.145. The monoisotopic (exact) mass is 274 g/mol. The van der Waals surface area contributed by atoms with Crippen LogP contribution >= 0.6 is 0 Å². The van der Waals surface area contributed by atoms with E-state index in [0.717, 1.165) is 0 Å². The van der Waals surface area contributed by atoms with Crippen molar-refractivity contribution in [3.8, 4) is 11.8 Å². The van der Waals surface area contributed by atoms with Gasteiger partial charge < -0.3 is 14.4 Å². The van der Waals surface area contributed by atoms with Gasteiger partial charge in [-0.1, -0.05) is 6.07 Å². The highest BCUT2D eigenvalue weighted by Crippen LogP contribution is 2.14. The first-order valence-corrected chi connectivity index (χ1v) is 6.64. The number of morpholine rings is 1. The third-order valence-electron chi connectivity index (χ3n) is 3.10. The molecule has 5 heteroatoms. The topological polar surface area (TPSA) is 62.6 Å². The van der Waals surface area contributed by atoms with Gasteiger partial charge in [0.25, 0.3) is 5.91 Å². The summed E-state index contributed by atoms with van der Waals surface area (Å²) in [5, 5.41) is 8.81. The molecule has 0 spiro atoms. The van der Waals surface area contributed by atoms with Crippen molar-refractivity contribution >= 4 is 5.91 Å². The van der Waals surface area contributed by atoms with E-state index in [-0.39, 0.29) is 24.7 Å². The van der Waals surface area contributed by atoms with E-state index in [1.54, 1.807) is 29.2 Å². The third-order valence-corrected chi connectivity index (χ3v) is 3.10. The molecule has 1 heterocycles. The Morgan fingerprint density at radius 1 is 1.45 bits per heavy atom. The van der Waals surface area contributed by atoms with Crippen molar-refractivity contribution in [2.45, 2.75) is 26.1 Å². The minimum atomic E-state index is -0.0608. The van der Waals surface area contributed by atoms with Crippen molar-refractivity contribution in [2.75, 3.05) is 19.7 Å². The second-order valence-corrected chi connectivity index (χ2v) is 4.98. The molecule has 5 nitrogen and oxygen atoms in total. The number of nitrogens with zero attached hydrogens (tertiary/aromatic N) is 2. The van der Waals surface area contributed by atoms with Crippen LogP contribution in [0.5, 0.6) is 5.75 Å². The van der Waals surface area contributed by atoms with Crippen LogP contribution in [0.2, 0.25) is 0 Å². The summed E-state index contributed by atoms with van der Waals surface area (Å²) >= 11 is 0. The van der Waals surface area contributed by atoms with Crippen molar-refractivity contribution < 1.29 is 14.3 Å². The van der Waals surface area contributed by atoms with Gasteiger partial charge in [-0.3, -0.25) is 4.79 Å². The molecule has 1 fully saturated rings. The van der Waals surface area contributed by atoms with Crippen LogP contribution in [0.3, 0.4) is 0 Å². The van der Waals surface area contributed by atoms with Crippen LogP contribution in [-0.2, 0) is 9.53 Å². The van der Waals surface area contributed by atoms with Crippen molar-refractivity contribution in [1.29, 1.82) is 5.26 Å². The van der Waals surface area contributed by atoms with Gasteiger partial charge in [0.15, 0.2) is 6.61 Å². The second kappa shape index (κ2) is 6.40. The smallest absolute Gasteiger partial charge is 0.260 e. The summed E-state index contributed by atoms with van der Waals surface area (Å²) in [4.78, 5) is 13.9. The van der Waals surface area contributed by atoms with E-state index in [1.807, 2.05) is 19.9 Å². The molecule has 0 saturated carbocycles. The lowest BCUT2D eigenvalue weighted by atomic mass is 10.2. The second-order valence-electron chi connectivity index (χ2n) is 4.98. The molecule has 2 rings (SSSR count). The number of nitriles is 1. The zero-order valence-corrected chi connectivity index (χ0v) is 11.7. The summed E-state index contributed by atoms with van der Waals surface area (Å²) in [5.41, 5.74) is 0.517. The Morgan fingerprint density at radius 2 is 2.15 bits per heavy atom. The van der Waals surface area contributed by atoms with Gasteiger partial charge in [0.1, 0.15) is 5.75 Å². The molecule has 20 heavy (non-hydrogen) atoms. The minimum absolute atomic E-state index is 0.0195. The highest BCUT2D eigenvalue weighted by atomic mass is 16.5. The molecule has 1 aliphatic rings. The number of carbonyl (C=O) groups is 1. The van der Waals surface area contributed by atoms with Gasteiger partial charge in [-0.05, 0) is 32.0 Å². The van der Waals surface area contributed by atoms with E-state index in [0.29, 0.717) is 24.4 Å². The maximum absolute atomic E-state index is 12.1. The summed E-state index contributed by atoms with van der Waals surface area (Å²) in [6.07, 6.45) is 0.0919. The quantitative estimate of drug-likeness (QED) is 0.839. The largest absolute Gasteiger partial charge is 0.484 e. The lowest BCUT2D eigenvalue weighted by Gasteiger charge is -2.35. The predicted molar refractivity (Wildman–Crippen MR) is 73.2 cm³/mol. The Labute approximate surface area is 118 Å². The Hall–Kier alpha value is -2.06. The average molecular weight is 274 g/mol. The van der Waals surface area contributed by atoms with Crippen LogP contribution < -0.4 is 4.74 Å². The van der Waals surface area contributed by atoms with Gasteiger partial charge in [-0.15, -0.1) is 0 Å². The Kier molecular flexibility index (Phi) is 4.59. The summed E-state index contributed by atoms with van der Waals surface area (Å²) in [5.74, 6) is 0.473. The molecule has 1 saturated heterocycles. The Balaban J connectivity index is 1.90. The van der Waals surface area contributed by atoms with Crippen LogP contribution in [0.25, 0.3) is 0 Å². The molecule has 0 aliphatic carbocycles. The zero-order valence-electron chi connectivity index (χ0n) is 11.7. The first-order chi connectivity index (χ1) is 9.58. The first-order valence-electron chi connectivity index (χ1n) is 6.64. The van der Waals surface area contributed by atoms with E-state index >= 15 is 0 Å². The van der Waals surface area contributed by atoms with E-state index in [9.17, 15) is 4.79 Å². The van der Waals surface area contributed by atoms with Crippen molar-refractivity contribution in [3.63, 3.8) is 0 Å². The molecule has 1 aromatic rings. The maximum Gasteiger partial charge on any atom is 0.260 e. The molecular weight excluding hydrogens is 256 g/mol. The summed E-state index contributed by atoms with van der Waals surface area (Å²) in [6, 6.07) is 8.82. The normalized spacial score (nSPS) is 22.1. The summed E-state index contributed by atoms with van der Waals surface area (Å²) in [7, 11) is 0. The van der Waals surface area contributed by atoms with Gasteiger partial charge in [0.05, 0.1) is 23.8 Å². The third kappa shape index (κ3) is 3.72. The number of hydrogen-bond donors (Lipinski definition) is 0. The zero-order chi connectivity index (χ0) is 14.5. The molecule has 1 aliphatic heterocycles. The molecular formula is C15H18N2O3. The number of benzene rings is 1. The summed E-state index contributed by atoms with van der Waals surface area (Å²) in [6.45, 7) is 5.06. The highest BCUT2D eigenvalue weighted by molar-refractivity contribution is 5.78. The molecule has 0 bridgehead atoms. The molecule has 0 N–H and O–H groups in total. The van der Waals surface area contributed by atoms with Gasteiger partial charge in [-0.25, -0.2) is 0 Å². The predicted octanol–water partition coefficient (Wildman–Crippen LogP) is 1.57. The van der Waals surface area contributed by atoms with E-state index in [1.165, 1.54) is 0 Å².